The summed E-state index contributed by atoms with van der Waals surface area (Å²) < 4.78 is 24.0. The zero-order chi connectivity index (χ0) is 14.5. The molecular weight excluding hydrogens is 251 g/mol. The number of carbonyl (C=O) groups excluding carboxylic acids is 1. The Kier molecular flexibility index (Phi) is 5.30. The maximum atomic E-state index is 14.1. The lowest BCUT2D eigenvalue weighted by Gasteiger charge is -2.28. The first-order valence-electron chi connectivity index (χ1n) is 6.20. The minimum absolute atomic E-state index is 0.0580. The van der Waals surface area contributed by atoms with Crippen LogP contribution in [-0.2, 0) is 15.1 Å². The quantitative estimate of drug-likeness (QED) is 0.805. The molecule has 19 heavy (non-hydrogen) atoms. The van der Waals surface area contributed by atoms with Gasteiger partial charge in [0.15, 0.2) is 0 Å². The van der Waals surface area contributed by atoms with Crippen LogP contribution in [0.5, 0.6) is 5.75 Å². The maximum Gasteiger partial charge on any atom is 0.344 e. The van der Waals surface area contributed by atoms with Gasteiger partial charge in [0.05, 0.1) is 13.2 Å². The Morgan fingerprint density at radius 1 is 1.37 bits per heavy atom. The lowest BCUT2D eigenvalue weighted by molar-refractivity contribution is -0.160. The number of para-hydroxylation sites is 1. The molecule has 0 saturated heterocycles. The fraction of sp³-hybridized carbons (Fsp3) is 0.500. The summed E-state index contributed by atoms with van der Waals surface area (Å²) in [7, 11) is 0. The second kappa shape index (κ2) is 6.52. The fourth-order valence-corrected chi connectivity index (χ4v) is 1.75. The maximum absolute atomic E-state index is 14.1. The van der Waals surface area contributed by atoms with E-state index < -0.39 is 17.7 Å². The Balaban J connectivity index is 3.08. The summed E-state index contributed by atoms with van der Waals surface area (Å²) in [6.45, 7) is 5.02. The van der Waals surface area contributed by atoms with Crippen molar-refractivity contribution >= 4 is 5.97 Å². The highest BCUT2D eigenvalue weighted by Gasteiger charge is 2.42. The van der Waals surface area contributed by atoms with Gasteiger partial charge >= 0.3 is 5.97 Å². The Bertz CT molecular complexity index is 431. The molecule has 4 nitrogen and oxygen atoms in total. The Labute approximate surface area is 112 Å². The monoisotopic (exact) mass is 270 g/mol. The van der Waals surface area contributed by atoms with Crippen molar-refractivity contribution in [1.82, 2.24) is 0 Å². The third-order valence-corrected chi connectivity index (χ3v) is 2.72. The van der Waals surface area contributed by atoms with E-state index in [0.29, 0.717) is 12.4 Å². The third kappa shape index (κ3) is 3.44. The van der Waals surface area contributed by atoms with Gasteiger partial charge < -0.3 is 14.6 Å². The number of aliphatic hydroxyl groups is 1. The molecule has 0 fully saturated rings. The average molecular weight is 270 g/mol. The summed E-state index contributed by atoms with van der Waals surface area (Å²) in [5.41, 5.74) is -1.78. The standard InChI is InChI=1S/C14H19FO4/c1-4-18-11-9-7-6-8-10(11)14(3,17)12(15)13(16)19-5-2/h6-9,12,17H,4-5H2,1-3H3. The summed E-state index contributed by atoms with van der Waals surface area (Å²) in [5.74, 6) is -0.735. The molecule has 0 bridgehead atoms. The van der Waals surface area contributed by atoms with Gasteiger partial charge in [-0.15, -0.1) is 0 Å². The normalized spacial score (nSPS) is 15.4. The number of halogens is 1. The van der Waals surface area contributed by atoms with Crippen LogP contribution < -0.4 is 4.74 Å². The van der Waals surface area contributed by atoms with Crippen LogP contribution in [0, 0.1) is 0 Å². The minimum Gasteiger partial charge on any atom is -0.493 e. The van der Waals surface area contributed by atoms with Gasteiger partial charge in [0.25, 0.3) is 0 Å². The van der Waals surface area contributed by atoms with Crippen LogP contribution in [0.2, 0.25) is 0 Å². The molecule has 1 N–H and O–H groups in total. The van der Waals surface area contributed by atoms with E-state index in [4.69, 9.17) is 4.74 Å². The van der Waals surface area contributed by atoms with E-state index in [1.165, 1.54) is 13.0 Å². The predicted octanol–water partition coefficient (Wildman–Crippen LogP) is 2.19. The van der Waals surface area contributed by atoms with Gasteiger partial charge in [-0.05, 0) is 26.8 Å². The number of ether oxygens (including phenoxy) is 2. The molecule has 0 aliphatic heterocycles. The SMILES string of the molecule is CCOC(=O)C(F)C(C)(O)c1ccccc1OCC. The predicted molar refractivity (Wildman–Crippen MR) is 68.7 cm³/mol. The topological polar surface area (TPSA) is 55.8 Å². The molecule has 0 heterocycles. The van der Waals surface area contributed by atoms with E-state index in [0.717, 1.165) is 0 Å². The van der Waals surface area contributed by atoms with Gasteiger partial charge in [0.1, 0.15) is 11.4 Å². The molecule has 0 amide bonds. The summed E-state index contributed by atoms with van der Waals surface area (Å²) >= 11 is 0. The number of alkyl halides is 1. The number of esters is 1. The summed E-state index contributed by atoms with van der Waals surface area (Å²) in [5, 5.41) is 10.3. The highest BCUT2D eigenvalue weighted by atomic mass is 19.1. The van der Waals surface area contributed by atoms with Crippen LogP contribution in [0.25, 0.3) is 0 Å². The van der Waals surface area contributed by atoms with Crippen LogP contribution in [0.15, 0.2) is 24.3 Å². The zero-order valence-electron chi connectivity index (χ0n) is 11.4. The molecule has 5 heteroatoms. The molecule has 0 aliphatic carbocycles. The molecule has 106 valence electrons. The molecule has 0 spiro atoms. The second-order valence-corrected chi connectivity index (χ2v) is 4.19. The lowest BCUT2D eigenvalue weighted by atomic mass is 9.90. The summed E-state index contributed by atoms with van der Waals surface area (Å²) in [4.78, 5) is 11.4. The largest absolute Gasteiger partial charge is 0.493 e. The number of benzene rings is 1. The Hall–Kier alpha value is -1.62. The van der Waals surface area contributed by atoms with Crippen molar-refractivity contribution in [2.24, 2.45) is 0 Å². The minimum atomic E-state index is -2.17. The number of rotatable bonds is 6. The Morgan fingerprint density at radius 2 is 2.00 bits per heavy atom. The van der Waals surface area contributed by atoms with Crippen molar-refractivity contribution in [3.05, 3.63) is 29.8 Å². The summed E-state index contributed by atoms with van der Waals surface area (Å²) in [6.07, 6.45) is -2.17. The first-order chi connectivity index (χ1) is 8.95. The molecule has 1 aromatic rings. The van der Waals surface area contributed by atoms with E-state index in [1.54, 1.807) is 32.0 Å². The average Bonchev–Trinajstić information content (AvgIpc) is 2.39. The van der Waals surface area contributed by atoms with Crippen LogP contribution in [0.1, 0.15) is 26.3 Å². The number of carbonyl (C=O) groups is 1. The van der Waals surface area contributed by atoms with Gasteiger partial charge in [-0.25, -0.2) is 9.18 Å². The van der Waals surface area contributed by atoms with E-state index >= 15 is 0 Å². The van der Waals surface area contributed by atoms with E-state index in [-0.39, 0.29) is 12.2 Å². The van der Waals surface area contributed by atoms with Crippen molar-refractivity contribution in [2.75, 3.05) is 13.2 Å². The highest BCUT2D eigenvalue weighted by molar-refractivity contribution is 5.76. The van der Waals surface area contributed by atoms with E-state index in [2.05, 4.69) is 4.74 Å². The van der Waals surface area contributed by atoms with Crippen LogP contribution in [0.3, 0.4) is 0 Å². The van der Waals surface area contributed by atoms with Gasteiger partial charge in [0.2, 0.25) is 6.17 Å². The molecule has 0 aliphatic rings. The zero-order valence-corrected chi connectivity index (χ0v) is 11.4. The highest BCUT2D eigenvalue weighted by Crippen LogP contribution is 2.34. The molecule has 0 aromatic heterocycles. The van der Waals surface area contributed by atoms with Gasteiger partial charge in [-0.3, -0.25) is 0 Å². The van der Waals surface area contributed by atoms with Gasteiger partial charge in [0, 0.05) is 5.56 Å². The molecule has 2 atom stereocenters. The first kappa shape index (κ1) is 15.4. The molecule has 0 saturated carbocycles. The van der Waals surface area contributed by atoms with Crippen LogP contribution in [0.4, 0.5) is 4.39 Å². The van der Waals surface area contributed by atoms with Crippen LogP contribution in [-0.4, -0.2) is 30.5 Å². The van der Waals surface area contributed by atoms with Crippen molar-refractivity contribution in [1.29, 1.82) is 0 Å². The van der Waals surface area contributed by atoms with Crippen molar-refractivity contribution in [3.63, 3.8) is 0 Å². The fourth-order valence-electron chi connectivity index (χ4n) is 1.75. The van der Waals surface area contributed by atoms with E-state index in [1.807, 2.05) is 0 Å². The number of hydrogen-bond donors (Lipinski definition) is 1. The van der Waals surface area contributed by atoms with Crippen molar-refractivity contribution in [2.45, 2.75) is 32.5 Å². The van der Waals surface area contributed by atoms with Gasteiger partial charge in [-0.1, -0.05) is 18.2 Å². The van der Waals surface area contributed by atoms with Crippen molar-refractivity contribution < 1.29 is 23.8 Å². The first-order valence-corrected chi connectivity index (χ1v) is 6.20. The lowest BCUT2D eigenvalue weighted by Crippen LogP contribution is -2.40. The molecule has 0 radical (unpaired) electrons. The molecule has 1 rings (SSSR count). The summed E-state index contributed by atoms with van der Waals surface area (Å²) in [6, 6.07) is 6.49. The number of hydrogen-bond acceptors (Lipinski definition) is 4. The molecular formula is C14H19FO4. The Morgan fingerprint density at radius 3 is 2.58 bits per heavy atom. The van der Waals surface area contributed by atoms with Crippen molar-refractivity contribution in [3.8, 4) is 5.75 Å². The van der Waals surface area contributed by atoms with E-state index in [9.17, 15) is 14.3 Å². The van der Waals surface area contributed by atoms with Gasteiger partial charge in [-0.2, -0.15) is 0 Å². The molecule has 2 unspecified atom stereocenters. The van der Waals surface area contributed by atoms with Crippen LogP contribution >= 0.6 is 0 Å². The second-order valence-electron chi connectivity index (χ2n) is 4.19. The third-order valence-electron chi connectivity index (χ3n) is 2.72. The smallest absolute Gasteiger partial charge is 0.344 e. The molecule has 1 aromatic carbocycles.